The van der Waals surface area contributed by atoms with Gasteiger partial charge in [-0.3, -0.25) is 9.48 Å². The van der Waals surface area contributed by atoms with E-state index in [2.05, 4.69) is 12.0 Å². The predicted molar refractivity (Wildman–Crippen MR) is 90.9 cm³/mol. The topological polar surface area (TPSA) is 75.4 Å². The highest BCUT2D eigenvalue weighted by Crippen LogP contribution is 2.24. The molecule has 1 aromatic heterocycles. The van der Waals surface area contributed by atoms with Crippen LogP contribution < -0.4 is 0 Å². The number of carboxylic acids is 1. The van der Waals surface area contributed by atoms with Crippen LogP contribution in [0.4, 0.5) is 0 Å². The van der Waals surface area contributed by atoms with Crippen molar-refractivity contribution in [2.75, 3.05) is 18.8 Å². The molecule has 1 saturated heterocycles. The third-order valence-corrected chi connectivity index (χ3v) is 5.44. The van der Waals surface area contributed by atoms with Crippen molar-refractivity contribution in [3.05, 3.63) is 18.0 Å². The molecule has 1 fully saturated rings. The Morgan fingerprint density at radius 3 is 2.70 bits per heavy atom. The van der Waals surface area contributed by atoms with E-state index in [0.29, 0.717) is 13.1 Å². The van der Waals surface area contributed by atoms with E-state index >= 15 is 0 Å². The van der Waals surface area contributed by atoms with Crippen molar-refractivity contribution in [2.24, 2.45) is 0 Å². The zero-order chi connectivity index (χ0) is 16.8. The Morgan fingerprint density at radius 1 is 1.43 bits per heavy atom. The second-order valence-corrected chi connectivity index (χ2v) is 7.39. The van der Waals surface area contributed by atoms with Gasteiger partial charge in [0.2, 0.25) is 5.91 Å². The molecule has 7 heteroatoms. The Labute approximate surface area is 141 Å². The number of piperidine rings is 1. The van der Waals surface area contributed by atoms with Crippen LogP contribution in [0, 0.1) is 0 Å². The van der Waals surface area contributed by atoms with E-state index in [1.54, 1.807) is 22.6 Å². The van der Waals surface area contributed by atoms with E-state index in [0.717, 1.165) is 31.4 Å². The molecule has 1 aliphatic rings. The quantitative estimate of drug-likeness (QED) is 0.773. The lowest BCUT2D eigenvalue weighted by molar-refractivity contribution is -0.131. The number of nitrogens with zero attached hydrogens (tertiary/aromatic N) is 3. The molecule has 0 bridgehead atoms. The molecule has 0 aliphatic carbocycles. The largest absolute Gasteiger partial charge is 0.478 e. The number of likely N-dealkylation sites (tertiary alicyclic amines) is 1. The first-order chi connectivity index (χ1) is 11.0. The van der Waals surface area contributed by atoms with Gasteiger partial charge >= 0.3 is 5.97 Å². The van der Waals surface area contributed by atoms with Crippen molar-refractivity contribution in [3.8, 4) is 0 Å². The average Bonchev–Trinajstić information content (AvgIpc) is 3.05. The summed E-state index contributed by atoms with van der Waals surface area (Å²) in [5.41, 5.74) is 0.212. The second kappa shape index (κ2) is 8.38. The minimum absolute atomic E-state index is 0.0152. The number of hydrogen-bond acceptors (Lipinski definition) is 4. The Kier molecular flexibility index (Phi) is 6.50. The van der Waals surface area contributed by atoms with Crippen molar-refractivity contribution in [3.63, 3.8) is 0 Å². The van der Waals surface area contributed by atoms with E-state index < -0.39 is 5.97 Å². The third kappa shape index (κ3) is 4.73. The zero-order valence-electron chi connectivity index (χ0n) is 13.8. The maximum absolute atomic E-state index is 12.4. The molecule has 0 spiro atoms. The first-order valence-electron chi connectivity index (χ1n) is 8.20. The van der Waals surface area contributed by atoms with Crippen molar-refractivity contribution < 1.29 is 14.7 Å². The molecule has 1 N–H and O–H groups in total. The molecule has 1 atom stereocenters. The summed E-state index contributed by atoms with van der Waals surface area (Å²) in [6, 6.07) is 0.176. The summed E-state index contributed by atoms with van der Waals surface area (Å²) < 4.78 is 1.73. The molecule has 128 valence electrons. The van der Waals surface area contributed by atoms with Gasteiger partial charge in [0.05, 0.1) is 23.1 Å². The number of amides is 1. The van der Waals surface area contributed by atoms with Crippen molar-refractivity contribution in [1.82, 2.24) is 14.7 Å². The minimum Gasteiger partial charge on any atom is -0.478 e. The predicted octanol–water partition coefficient (Wildman–Crippen LogP) is 2.67. The van der Waals surface area contributed by atoms with Crippen LogP contribution in [0.3, 0.4) is 0 Å². The molecule has 0 saturated carbocycles. The van der Waals surface area contributed by atoms with Gasteiger partial charge in [0, 0.05) is 19.3 Å². The number of rotatable bonds is 7. The SMILES string of the molecule is CCCCSC(C)C(=O)N1CCC(n2cc(C(=O)O)cn2)CC1. The summed E-state index contributed by atoms with van der Waals surface area (Å²) in [4.78, 5) is 25.3. The smallest absolute Gasteiger partial charge is 0.338 e. The summed E-state index contributed by atoms with van der Waals surface area (Å²) in [6.07, 6.45) is 6.90. The summed E-state index contributed by atoms with van der Waals surface area (Å²) in [7, 11) is 0. The minimum atomic E-state index is -0.957. The fraction of sp³-hybridized carbons (Fsp3) is 0.688. The third-order valence-electron chi connectivity index (χ3n) is 4.21. The highest BCUT2D eigenvalue weighted by atomic mass is 32.2. The monoisotopic (exact) mass is 339 g/mol. The maximum Gasteiger partial charge on any atom is 0.338 e. The van der Waals surface area contributed by atoms with Gasteiger partial charge in [-0.15, -0.1) is 11.8 Å². The summed E-state index contributed by atoms with van der Waals surface area (Å²) in [5, 5.41) is 13.1. The van der Waals surface area contributed by atoms with Crippen LogP contribution in [0.25, 0.3) is 0 Å². The van der Waals surface area contributed by atoms with E-state index in [1.165, 1.54) is 6.20 Å². The number of thioether (sulfide) groups is 1. The highest BCUT2D eigenvalue weighted by molar-refractivity contribution is 8.00. The molecule has 0 aromatic carbocycles. The van der Waals surface area contributed by atoms with Gasteiger partial charge in [0.1, 0.15) is 0 Å². The van der Waals surface area contributed by atoms with Crippen LogP contribution in [0.15, 0.2) is 12.4 Å². The van der Waals surface area contributed by atoms with Crippen LogP contribution in [-0.2, 0) is 4.79 Å². The van der Waals surface area contributed by atoms with Crippen LogP contribution in [0.1, 0.15) is 55.9 Å². The first kappa shape index (κ1) is 17.8. The molecule has 0 radical (unpaired) electrons. The molecule has 1 aliphatic heterocycles. The van der Waals surface area contributed by atoms with Gasteiger partial charge in [-0.05, 0) is 31.9 Å². The van der Waals surface area contributed by atoms with Crippen molar-refractivity contribution >= 4 is 23.6 Å². The van der Waals surface area contributed by atoms with Gasteiger partial charge in [-0.2, -0.15) is 5.10 Å². The zero-order valence-corrected chi connectivity index (χ0v) is 14.6. The standard InChI is InChI=1S/C16H25N3O3S/c1-3-4-9-23-12(2)15(20)18-7-5-14(6-8-18)19-11-13(10-17-19)16(21)22/h10-12,14H,3-9H2,1-2H3,(H,21,22). The Morgan fingerprint density at radius 2 is 2.13 bits per heavy atom. The Balaban J connectivity index is 1.82. The molecule has 2 rings (SSSR count). The van der Waals surface area contributed by atoms with Crippen LogP contribution in [0.5, 0.6) is 0 Å². The maximum atomic E-state index is 12.4. The number of aromatic nitrogens is 2. The number of aromatic carboxylic acids is 1. The fourth-order valence-corrected chi connectivity index (χ4v) is 3.83. The normalized spacial score (nSPS) is 17.2. The van der Waals surface area contributed by atoms with Gasteiger partial charge in [0.25, 0.3) is 0 Å². The van der Waals surface area contributed by atoms with Crippen molar-refractivity contribution in [1.29, 1.82) is 0 Å². The number of carboxylic acid groups (broad SMARTS) is 1. The van der Waals surface area contributed by atoms with E-state index in [-0.39, 0.29) is 22.8 Å². The molecule has 2 heterocycles. The van der Waals surface area contributed by atoms with E-state index in [4.69, 9.17) is 5.11 Å². The van der Waals surface area contributed by atoms with Gasteiger partial charge < -0.3 is 10.0 Å². The average molecular weight is 339 g/mol. The Bertz CT molecular complexity index is 538. The lowest BCUT2D eigenvalue weighted by atomic mass is 10.0. The van der Waals surface area contributed by atoms with Crippen LogP contribution >= 0.6 is 11.8 Å². The van der Waals surface area contributed by atoms with Crippen molar-refractivity contribution in [2.45, 2.75) is 50.8 Å². The molecular formula is C16H25N3O3S. The van der Waals surface area contributed by atoms with Gasteiger partial charge in [0.15, 0.2) is 0 Å². The second-order valence-electron chi connectivity index (χ2n) is 5.94. The highest BCUT2D eigenvalue weighted by Gasteiger charge is 2.27. The van der Waals surface area contributed by atoms with Gasteiger partial charge in [-0.1, -0.05) is 13.3 Å². The number of unbranched alkanes of at least 4 members (excludes halogenated alkanes) is 1. The van der Waals surface area contributed by atoms with Gasteiger partial charge in [-0.25, -0.2) is 4.79 Å². The Hall–Kier alpha value is -1.50. The molecule has 6 nitrogen and oxygen atoms in total. The first-order valence-corrected chi connectivity index (χ1v) is 9.25. The molecule has 1 amide bonds. The number of carbonyl (C=O) groups excluding carboxylic acids is 1. The lowest BCUT2D eigenvalue weighted by Gasteiger charge is -2.33. The molecule has 1 aromatic rings. The van der Waals surface area contributed by atoms with Crippen LogP contribution in [-0.4, -0.2) is 55.8 Å². The lowest BCUT2D eigenvalue weighted by Crippen LogP contribution is -2.42. The van der Waals surface area contributed by atoms with Crippen LogP contribution in [0.2, 0.25) is 0 Å². The summed E-state index contributed by atoms with van der Waals surface area (Å²) in [5.74, 6) is 0.295. The fourth-order valence-electron chi connectivity index (χ4n) is 2.73. The summed E-state index contributed by atoms with van der Waals surface area (Å²) >= 11 is 1.73. The number of carbonyl (C=O) groups is 2. The van der Waals surface area contributed by atoms with E-state index in [9.17, 15) is 9.59 Å². The molecular weight excluding hydrogens is 314 g/mol. The molecule has 23 heavy (non-hydrogen) atoms. The molecule has 1 unspecified atom stereocenters. The summed E-state index contributed by atoms with van der Waals surface area (Å²) in [6.45, 7) is 5.57. The number of hydrogen-bond donors (Lipinski definition) is 1. The van der Waals surface area contributed by atoms with E-state index in [1.807, 2.05) is 11.8 Å².